The Hall–Kier alpha value is -0.710. The molecule has 1 N–H and O–H groups in total. The average molecular weight is 299 g/mol. The lowest BCUT2D eigenvalue weighted by Gasteiger charge is -2.07. The standard InChI is InChI=1S/C12H13BrNOS/c1-9-7-16-8-14(9)6-12(15)10-2-4-11(13)5-3-10/h2-5,7-8,12,15H,6H2,1H3/q+1. The van der Waals surface area contributed by atoms with Gasteiger partial charge in [-0.05, 0) is 17.7 Å². The van der Waals surface area contributed by atoms with Crippen LogP contribution < -0.4 is 4.57 Å². The second-order valence-corrected chi connectivity index (χ2v) is 5.35. The number of nitrogens with zero attached hydrogens (tertiary/aromatic N) is 1. The molecule has 2 rings (SSSR count). The minimum absolute atomic E-state index is 0.452. The number of aryl methyl sites for hydroxylation is 1. The number of aromatic nitrogens is 1. The molecular weight excluding hydrogens is 286 g/mol. The van der Waals surface area contributed by atoms with Crippen molar-refractivity contribution in [2.24, 2.45) is 0 Å². The van der Waals surface area contributed by atoms with Crippen LogP contribution >= 0.6 is 27.3 Å². The van der Waals surface area contributed by atoms with Gasteiger partial charge in [-0.25, -0.2) is 0 Å². The van der Waals surface area contributed by atoms with Gasteiger partial charge in [-0.1, -0.05) is 39.4 Å². The third-order valence-corrected chi connectivity index (χ3v) is 3.89. The van der Waals surface area contributed by atoms with E-state index in [4.69, 9.17) is 0 Å². The molecule has 1 aromatic heterocycles. The lowest BCUT2D eigenvalue weighted by molar-refractivity contribution is -0.705. The highest BCUT2D eigenvalue weighted by Gasteiger charge is 2.15. The SMILES string of the molecule is Cc1csc[n+]1CC(O)c1ccc(Br)cc1. The summed E-state index contributed by atoms with van der Waals surface area (Å²) in [5, 5.41) is 12.2. The Labute approximate surface area is 107 Å². The van der Waals surface area contributed by atoms with Crippen LogP contribution in [0, 0.1) is 6.92 Å². The van der Waals surface area contributed by atoms with E-state index < -0.39 is 6.10 Å². The summed E-state index contributed by atoms with van der Waals surface area (Å²) < 4.78 is 3.10. The van der Waals surface area contributed by atoms with Crippen LogP contribution in [0.3, 0.4) is 0 Å². The van der Waals surface area contributed by atoms with Crippen LogP contribution in [0.1, 0.15) is 17.4 Å². The zero-order chi connectivity index (χ0) is 11.5. The van der Waals surface area contributed by atoms with Crippen LogP contribution in [0.25, 0.3) is 0 Å². The molecule has 0 aliphatic heterocycles. The summed E-state index contributed by atoms with van der Waals surface area (Å²) >= 11 is 5.03. The molecule has 16 heavy (non-hydrogen) atoms. The Morgan fingerprint density at radius 3 is 2.62 bits per heavy atom. The average Bonchev–Trinajstić information content (AvgIpc) is 2.65. The van der Waals surface area contributed by atoms with E-state index in [1.807, 2.05) is 36.7 Å². The molecule has 1 unspecified atom stereocenters. The van der Waals surface area contributed by atoms with Crippen LogP contribution in [0.4, 0.5) is 0 Å². The van der Waals surface area contributed by atoms with Crippen molar-refractivity contribution in [1.29, 1.82) is 0 Å². The molecule has 2 aromatic rings. The van der Waals surface area contributed by atoms with Gasteiger partial charge >= 0.3 is 0 Å². The molecule has 0 saturated carbocycles. The van der Waals surface area contributed by atoms with Gasteiger partial charge in [0.2, 0.25) is 5.51 Å². The Morgan fingerprint density at radius 1 is 1.38 bits per heavy atom. The first kappa shape index (κ1) is 11.8. The molecule has 0 aliphatic carbocycles. The van der Waals surface area contributed by atoms with Crippen LogP contribution in [-0.2, 0) is 6.54 Å². The maximum Gasteiger partial charge on any atom is 0.225 e. The van der Waals surface area contributed by atoms with E-state index >= 15 is 0 Å². The molecule has 0 aliphatic rings. The molecule has 0 radical (unpaired) electrons. The predicted molar refractivity (Wildman–Crippen MR) is 68.4 cm³/mol. The maximum atomic E-state index is 10.1. The summed E-state index contributed by atoms with van der Waals surface area (Å²) in [5.74, 6) is 0. The zero-order valence-corrected chi connectivity index (χ0v) is 11.3. The number of hydrogen-bond donors (Lipinski definition) is 1. The van der Waals surface area contributed by atoms with E-state index in [2.05, 4.69) is 25.9 Å². The first-order valence-electron chi connectivity index (χ1n) is 5.02. The summed E-state index contributed by atoms with van der Waals surface area (Å²) in [7, 11) is 0. The molecule has 4 heteroatoms. The van der Waals surface area contributed by atoms with Gasteiger partial charge in [-0.3, -0.25) is 0 Å². The lowest BCUT2D eigenvalue weighted by Crippen LogP contribution is -2.37. The molecule has 2 nitrogen and oxygen atoms in total. The van der Waals surface area contributed by atoms with Gasteiger partial charge in [-0.2, -0.15) is 4.57 Å². The topological polar surface area (TPSA) is 24.1 Å². The predicted octanol–water partition coefficient (Wildman–Crippen LogP) is 2.84. The Bertz CT molecular complexity index is 466. The molecule has 1 heterocycles. The normalized spacial score (nSPS) is 12.7. The molecular formula is C12H13BrNOS+. The third-order valence-electron chi connectivity index (χ3n) is 2.50. The minimum Gasteiger partial charge on any atom is -0.382 e. The van der Waals surface area contributed by atoms with E-state index in [0.717, 1.165) is 10.0 Å². The van der Waals surface area contributed by atoms with Gasteiger partial charge in [0.25, 0.3) is 0 Å². The smallest absolute Gasteiger partial charge is 0.225 e. The van der Waals surface area contributed by atoms with E-state index in [1.165, 1.54) is 5.69 Å². The van der Waals surface area contributed by atoms with Crippen molar-refractivity contribution in [3.8, 4) is 0 Å². The van der Waals surface area contributed by atoms with Gasteiger partial charge in [0, 0.05) is 11.4 Å². The van der Waals surface area contributed by atoms with Crippen LogP contribution in [0.15, 0.2) is 39.6 Å². The van der Waals surface area contributed by atoms with Crippen LogP contribution in [0.5, 0.6) is 0 Å². The van der Waals surface area contributed by atoms with Crippen molar-refractivity contribution >= 4 is 27.3 Å². The molecule has 1 aromatic carbocycles. The first-order chi connectivity index (χ1) is 7.66. The van der Waals surface area contributed by atoms with E-state index in [9.17, 15) is 5.11 Å². The van der Waals surface area contributed by atoms with Crippen molar-refractivity contribution in [3.63, 3.8) is 0 Å². The summed E-state index contributed by atoms with van der Waals surface area (Å²) in [4.78, 5) is 0. The Morgan fingerprint density at radius 2 is 2.06 bits per heavy atom. The summed E-state index contributed by atoms with van der Waals surface area (Å²) in [6, 6.07) is 7.78. The summed E-state index contributed by atoms with van der Waals surface area (Å²) in [6.45, 7) is 2.65. The number of aliphatic hydroxyl groups is 1. The van der Waals surface area contributed by atoms with Gasteiger partial charge in [0.1, 0.15) is 6.10 Å². The molecule has 84 valence electrons. The third kappa shape index (κ3) is 2.70. The van der Waals surface area contributed by atoms with E-state index in [-0.39, 0.29) is 0 Å². The first-order valence-corrected chi connectivity index (χ1v) is 6.76. The van der Waals surface area contributed by atoms with Crippen molar-refractivity contribution in [1.82, 2.24) is 0 Å². The second kappa shape index (κ2) is 5.08. The zero-order valence-electron chi connectivity index (χ0n) is 8.93. The monoisotopic (exact) mass is 298 g/mol. The summed E-state index contributed by atoms with van der Waals surface area (Å²) in [6.07, 6.45) is -0.452. The van der Waals surface area contributed by atoms with Gasteiger partial charge in [0.15, 0.2) is 12.2 Å². The minimum atomic E-state index is -0.452. The van der Waals surface area contributed by atoms with Crippen molar-refractivity contribution in [2.75, 3.05) is 0 Å². The van der Waals surface area contributed by atoms with Gasteiger partial charge in [0.05, 0.1) is 5.38 Å². The fourth-order valence-electron chi connectivity index (χ4n) is 1.52. The second-order valence-electron chi connectivity index (χ2n) is 3.72. The number of hydrogen-bond acceptors (Lipinski definition) is 2. The Balaban J connectivity index is 2.11. The maximum absolute atomic E-state index is 10.1. The highest BCUT2D eigenvalue weighted by atomic mass is 79.9. The van der Waals surface area contributed by atoms with Crippen LogP contribution in [-0.4, -0.2) is 5.11 Å². The lowest BCUT2D eigenvalue weighted by atomic mass is 10.1. The Kier molecular flexibility index (Phi) is 3.74. The number of aliphatic hydroxyl groups excluding tert-OH is 1. The molecule has 1 atom stereocenters. The highest BCUT2D eigenvalue weighted by molar-refractivity contribution is 9.10. The van der Waals surface area contributed by atoms with Gasteiger partial charge in [-0.15, -0.1) is 0 Å². The quantitative estimate of drug-likeness (QED) is 0.866. The van der Waals surface area contributed by atoms with E-state index in [0.29, 0.717) is 6.54 Å². The molecule has 0 amide bonds. The number of benzene rings is 1. The molecule has 0 spiro atoms. The number of thiazole rings is 1. The highest BCUT2D eigenvalue weighted by Crippen LogP contribution is 2.17. The fraction of sp³-hybridized carbons (Fsp3) is 0.250. The van der Waals surface area contributed by atoms with Crippen molar-refractivity contribution < 1.29 is 9.67 Å². The van der Waals surface area contributed by atoms with Crippen molar-refractivity contribution in [2.45, 2.75) is 19.6 Å². The molecule has 0 saturated heterocycles. The number of rotatable bonds is 3. The fourth-order valence-corrected chi connectivity index (χ4v) is 2.57. The largest absolute Gasteiger partial charge is 0.382 e. The van der Waals surface area contributed by atoms with Crippen LogP contribution in [0.2, 0.25) is 0 Å². The van der Waals surface area contributed by atoms with E-state index in [1.54, 1.807) is 11.3 Å². The van der Waals surface area contributed by atoms with Crippen molar-refractivity contribution in [3.05, 3.63) is 50.9 Å². The molecule has 0 bridgehead atoms. The number of halogens is 1. The molecule has 0 fully saturated rings. The summed E-state index contributed by atoms with van der Waals surface area (Å²) in [5.41, 5.74) is 4.15. The van der Waals surface area contributed by atoms with Gasteiger partial charge < -0.3 is 5.11 Å².